The van der Waals surface area contributed by atoms with Gasteiger partial charge in [-0.25, -0.2) is 9.78 Å². The van der Waals surface area contributed by atoms with Crippen LogP contribution in [0, 0.1) is 0 Å². The molecule has 8 heteroatoms. The van der Waals surface area contributed by atoms with Crippen molar-refractivity contribution in [3.05, 3.63) is 46.5 Å². The minimum Gasteiger partial charge on any atom is -0.480 e. The number of carbonyl (C=O) groups is 2. The molecule has 0 saturated heterocycles. The van der Waals surface area contributed by atoms with Gasteiger partial charge in [-0.05, 0) is 34.1 Å². The minimum absolute atomic E-state index is 0.112. The summed E-state index contributed by atoms with van der Waals surface area (Å²) in [6.45, 7) is 0. The molecule has 1 aromatic carbocycles. The maximum atomic E-state index is 12.2. The number of hydrogen-bond acceptors (Lipinski definition) is 4. The van der Waals surface area contributed by atoms with Gasteiger partial charge >= 0.3 is 5.97 Å². The van der Waals surface area contributed by atoms with Crippen LogP contribution in [0.1, 0.15) is 16.1 Å². The molecule has 1 atom stereocenters. The van der Waals surface area contributed by atoms with Gasteiger partial charge in [-0.1, -0.05) is 0 Å². The highest BCUT2D eigenvalue weighted by molar-refractivity contribution is 9.10. The molecule has 2 rings (SSSR count). The number of aromatic amines is 1. The minimum atomic E-state index is -1.13. The van der Waals surface area contributed by atoms with Crippen molar-refractivity contribution in [2.75, 3.05) is 5.73 Å². The molecule has 0 aliphatic carbocycles. The second kappa shape index (κ2) is 6.40. The van der Waals surface area contributed by atoms with E-state index in [1.54, 1.807) is 12.1 Å². The lowest BCUT2D eigenvalue weighted by molar-refractivity contribution is -0.139. The van der Waals surface area contributed by atoms with E-state index in [1.165, 1.54) is 18.6 Å². The number of nitrogens with zero attached hydrogens (tertiary/aromatic N) is 1. The number of nitrogen functional groups attached to an aromatic ring is 1. The Bertz CT molecular complexity index is 657. The molecule has 110 valence electrons. The molecule has 1 aromatic heterocycles. The van der Waals surface area contributed by atoms with Gasteiger partial charge in [0.1, 0.15) is 6.04 Å². The van der Waals surface area contributed by atoms with Gasteiger partial charge in [-0.15, -0.1) is 0 Å². The summed E-state index contributed by atoms with van der Waals surface area (Å²) in [7, 11) is 0. The van der Waals surface area contributed by atoms with Gasteiger partial charge in [0.15, 0.2) is 0 Å². The Morgan fingerprint density at radius 1 is 1.48 bits per heavy atom. The van der Waals surface area contributed by atoms with E-state index in [0.29, 0.717) is 15.9 Å². The fourth-order valence-electron chi connectivity index (χ4n) is 1.77. The van der Waals surface area contributed by atoms with Gasteiger partial charge in [-0.3, -0.25) is 4.79 Å². The number of nitrogens with one attached hydrogen (secondary N) is 2. The van der Waals surface area contributed by atoms with Crippen LogP contribution in [0.3, 0.4) is 0 Å². The first-order chi connectivity index (χ1) is 9.97. The van der Waals surface area contributed by atoms with Crippen molar-refractivity contribution in [2.24, 2.45) is 0 Å². The lowest BCUT2D eigenvalue weighted by Crippen LogP contribution is -2.42. The summed E-state index contributed by atoms with van der Waals surface area (Å²) in [6.07, 6.45) is 3.07. The van der Waals surface area contributed by atoms with E-state index in [-0.39, 0.29) is 12.0 Å². The second-order valence-electron chi connectivity index (χ2n) is 4.38. The Kier molecular flexibility index (Phi) is 4.59. The standard InChI is InChI=1S/C13H13BrN4O3/c14-10-2-1-7(15)3-9(10)12(19)18-11(13(20)21)4-8-5-16-6-17-8/h1-3,5-6,11H,4,15H2,(H,16,17)(H,18,19)(H,20,21)/t11-/m1/s1. The zero-order valence-corrected chi connectivity index (χ0v) is 12.4. The Morgan fingerprint density at radius 3 is 2.86 bits per heavy atom. The van der Waals surface area contributed by atoms with Gasteiger partial charge in [0, 0.05) is 28.5 Å². The van der Waals surface area contributed by atoms with Gasteiger partial charge in [0.2, 0.25) is 0 Å². The fraction of sp³-hybridized carbons (Fsp3) is 0.154. The predicted molar refractivity (Wildman–Crippen MR) is 79.7 cm³/mol. The van der Waals surface area contributed by atoms with Crippen LogP contribution in [0.15, 0.2) is 35.2 Å². The van der Waals surface area contributed by atoms with Gasteiger partial charge in [0.05, 0.1) is 11.9 Å². The van der Waals surface area contributed by atoms with Gasteiger partial charge in [0.25, 0.3) is 5.91 Å². The van der Waals surface area contributed by atoms with Crippen molar-refractivity contribution in [1.29, 1.82) is 0 Å². The molecule has 1 heterocycles. The van der Waals surface area contributed by atoms with Crippen LogP contribution in [0.4, 0.5) is 5.69 Å². The molecule has 0 radical (unpaired) electrons. The van der Waals surface area contributed by atoms with E-state index < -0.39 is 17.9 Å². The molecule has 21 heavy (non-hydrogen) atoms. The third-order valence-corrected chi connectivity index (χ3v) is 3.51. The number of rotatable bonds is 5. The summed E-state index contributed by atoms with van der Waals surface area (Å²) < 4.78 is 0.542. The molecule has 0 unspecified atom stereocenters. The topological polar surface area (TPSA) is 121 Å². The fourth-order valence-corrected chi connectivity index (χ4v) is 2.20. The number of anilines is 1. The predicted octanol–water partition coefficient (Wildman–Crippen LogP) is 1.18. The molecule has 0 aliphatic rings. The number of benzene rings is 1. The zero-order valence-electron chi connectivity index (χ0n) is 10.8. The molecular formula is C13H13BrN4O3. The molecule has 5 N–H and O–H groups in total. The Hall–Kier alpha value is -2.35. The lowest BCUT2D eigenvalue weighted by atomic mass is 10.1. The van der Waals surface area contributed by atoms with Crippen molar-refractivity contribution in [1.82, 2.24) is 15.3 Å². The maximum Gasteiger partial charge on any atom is 0.326 e. The zero-order chi connectivity index (χ0) is 15.4. The molecule has 0 bridgehead atoms. The van der Waals surface area contributed by atoms with E-state index >= 15 is 0 Å². The van der Waals surface area contributed by atoms with Crippen LogP contribution < -0.4 is 11.1 Å². The highest BCUT2D eigenvalue weighted by Crippen LogP contribution is 2.19. The summed E-state index contributed by atoms with van der Waals surface area (Å²) in [5.41, 5.74) is 6.96. The Balaban J connectivity index is 2.14. The first-order valence-corrected chi connectivity index (χ1v) is 6.82. The van der Waals surface area contributed by atoms with E-state index in [9.17, 15) is 14.7 Å². The number of halogens is 1. The van der Waals surface area contributed by atoms with Crippen LogP contribution in [-0.2, 0) is 11.2 Å². The molecule has 0 aliphatic heterocycles. The average molecular weight is 353 g/mol. The number of H-pyrrole nitrogens is 1. The summed E-state index contributed by atoms with van der Waals surface area (Å²) in [4.78, 5) is 30.0. The van der Waals surface area contributed by atoms with Crippen LogP contribution in [0.25, 0.3) is 0 Å². The van der Waals surface area contributed by atoms with E-state index in [1.807, 2.05) is 0 Å². The van der Waals surface area contributed by atoms with E-state index in [0.717, 1.165) is 0 Å². The number of amides is 1. The number of aromatic nitrogens is 2. The summed E-state index contributed by atoms with van der Waals surface area (Å²) in [5, 5.41) is 11.7. The van der Waals surface area contributed by atoms with E-state index in [2.05, 4.69) is 31.2 Å². The van der Waals surface area contributed by atoms with Crippen LogP contribution in [-0.4, -0.2) is 33.0 Å². The molecule has 0 saturated carbocycles. The normalized spacial score (nSPS) is 11.9. The number of carboxylic acids is 1. The highest BCUT2D eigenvalue weighted by atomic mass is 79.9. The molecule has 2 aromatic rings. The molecule has 0 fully saturated rings. The highest BCUT2D eigenvalue weighted by Gasteiger charge is 2.22. The largest absolute Gasteiger partial charge is 0.480 e. The number of carbonyl (C=O) groups excluding carboxylic acids is 1. The SMILES string of the molecule is Nc1ccc(Br)c(C(=O)N[C@H](Cc2cnc[nH]2)C(=O)O)c1. The summed E-state index contributed by atoms with van der Waals surface area (Å²) in [6, 6.07) is 3.69. The van der Waals surface area contributed by atoms with Gasteiger partial charge in [-0.2, -0.15) is 0 Å². The van der Waals surface area contributed by atoms with Crippen LogP contribution in [0.2, 0.25) is 0 Å². The van der Waals surface area contributed by atoms with Gasteiger partial charge < -0.3 is 21.1 Å². The second-order valence-corrected chi connectivity index (χ2v) is 5.24. The first-order valence-electron chi connectivity index (χ1n) is 6.03. The van der Waals surface area contributed by atoms with Crippen LogP contribution >= 0.6 is 15.9 Å². The third kappa shape index (κ3) is 3.82. The average Bonchev–Trinajstić information content (AvgIpc) is 2.93. The maximum absolute atomic E-state index is 12.2. The number of hydrogen-bond donors (Lipinski definition) is 4. The Labute approximate surface area is 128 Å². The Morgan fingerprint density at radius 2 is 2.24 bits per heavy atom. The molecule has 1 amide bonds. The number of nitrogens with two attached hydrogens (primary N) is 1. The third-order valence-electron chi connectivity index (χ3n) is 2.82. The first kappa shape index (κ1) is 15.0. The van der Waals surface area contributed by atoms with E-state index in [4.69, 9.17) is 5.73 Å². The van der Waals surface area contributed by atoms with Crippen molar-refractivity contribution in [3.8, 4) is 0 Å². The number of aliphatic carboxylic acids is 1. The smallest absolute Gasteiger partial charge is 0.326 e. The van der Waals surface area contributed by atoms with Crippen molar-refractivity contribution in [3.63, 3.8) is 0 Å². The lowest BCUT2D eigenvalue weighted by Gasteiger charge is -2.14. The molecular weight excluding hydrogens is 340 g/mol. The quantitative estimate of drug-likeness (QED) is 0.602. The number of imidazole rings is 1. The monoisotopic (exact) mass is 352 g/mol. The summed E-state index contributed by atoms with van der Waals surface area (Å²) >= 11 is 3.24. The molecule has 7 nitrogen and oxygen atoms in total. The van der Waals surface area contributed by atoms with Crippen molar-refractivity contribution in [2.45, 2.75) is 12.5 Å². The summed E-state index contributed by atoms with van der Waals surface area (Å²) in [5.74, 6) is -1.64. The van der Waals surface area contributed by atoms with Crippen LogP contribution in [0.5, 0.6) is 0 Å². The number of carboxylic acid groups (broad SMARTS) is 1. The van der Waals surface area contributed by atoms with Crippen molar-refractivity contribution < 1.29 is 14.7 Å². The molecule has 0 spiro atoms. The van der Waals surface area contributed by atoms with Crippen molar-refractivity contribution >= 4 is 33.5 Å².